The number of hydrogen-bond donors (Lipinski definition) is 2. The second-order valence-electron chi connectivity index (χ2n) is 3.38. The molecule has 1 aromatic heterocycles. The molecule has 0 saturated heterocycles. The number of nitrogens with two attached hydrogens (primary N) is 1. The van der Waals surface area contributed by atoms with Gasteiger partial charge in [-0.2, -0.15) is 0 Å². The number of ether oxygens (including phenoxy) is 1. The molecule has 0 amide bonds. The normalized spacial score (nSPS) is 11.6. The molecule has 1 aromatic carbocycles. The third kappa shape index (κ3) is 3.07. The van der Waals surface area contributed by atoms with Gasteiger partial charge in [0.25, 0.3) is 0 Å². The van der Waals surface area contributed by atoms with Gasteiger partial charge >= 0.3 is 6.36 Å². The summed E-state index contributed by atoms with van der Waals surface area (Å²) in [5, 5.41) is 6.17. The zero-order valence-corrected chi connectivity index (χ0v) is 11.4. The predicted molar refractivity (Wildman–Crippen MR) is 67.5 cm³/mol. The second kappa shape index (κ2) is 4.85. The van der Waals surface area contributed by atoms with Gasteiger partial charge in [-0.15, -0.1) is 18.3 Å². The molecular formula is C9H6BrF3N4OS. The van der Waals surface area contributed by atoms with Gasteiger partial charge in [0.1, 0.15) is 5.75 Å². The van der Waals surface area contributed by atoms with Crippen molar-refractivity contribution in [2.24, 2.45) is 0 Å². The average Bonchev–Trinajstić information content (AvgIpc) is 2.60. The third-order valence-corrected chi connectivity index (χ3v) is 2.99. The van der Waals surface area contributed by atoms with E-state index in [1.54, 1.807) is 0 Å². The second-order valence-corrected chi connectivity index (χ2v) is 4.63. The highest BCUT2D eigenvalue weighted by Gasteiger charge is 2.32. The van der Waals surface area contributed by atoms with Crippen molar-refractivity contribution in [2.45, 2.75) is 6.36 Å². The van der Waals surface area contributed by atoms with E-state index in [0.717, 1.165) is 6.07 Å². The van der Waals surface area contributed by atoms with Crippen molar-refractivity contribution in [2.75, 3.05) is 5.73 Å². The zero-order chi connectivity index (χ0) is 14.2. The summed E-state index contributed by atoms with van der Waals surface area (Å²) >= 11 is 7.95. The molecule has 0 aliphatic heterocycles. The largest absolute Gasteiger partial charge is 0.573 e. The molecule has 0 atom stereocenters. The number of halogens is 4. The lowest BCUT2D eigenvalue weighted by atomic mass is 10.3. The van der Waals surface area contributed by atoms with E-state index in [0.29, 0.717) is 5.69 Å². The van der Waals surface area contributed by atoms with Crippen LogP contribution in [0.1, 0.15) is 0 Å². The molecule has 2 rings (SSSR count). The predicted octanol–water partition coefficient (Wildman–Crippen LogP) is 3.17. The van der Waals surface area contributed by atoms with Gasteiger partial charge in [-0.3, -0.25) is 4.57 Å². The van der Waals surface area contributed by atoms with Crippen molar-refractivity contribution in [1.82, 2.24) is 14.8 Å². The maximum absolute atomic E-state index is 12.1. The lowest BCUT2D eigenvalue weighted by Crippen LogP contribution is -2.17. The van der Waals surface area contributed by atoms with Crippen LogP contribution >= 0.6 is 28.1 Å². The first-order chi connectivity index (χ1) is 8.78. The Kier molecular flexibility index (Phi) is 3.54. The van der Waals surface area contributed by atoms with Crippen molar-refractivity contribution in [3.8, 4) is 11.4 Å². The van der Waals surface area contributed by atoms with Crippen LogP contribution in [0.2, 0.25) is 0 Å². The molecule has 0 radical (unpaired) electrons. The molecule has 10 heteroatoms. The van der Waals surface area contributed by atoms with E-state index in [1.165, 1.54) is 16.7 Å². The number of benzene rings is 1. The first-order valence-corrected chi connectivity index (χ1v) is 5.96. The van der Waals surface area contributed by atoms with Crippen LogP contribution in [0.25, 0.3) is 5.69 Å². The fourth-order valence-electron chi connectivity index (χ4n) is 1.39. The molecule has 102 valence electrons. The van der Waals surface area contributed by atoms with E-state index >= 15 is 0 Å². The summed E-state index contributed by atoms with van der Waals surface area (Å²) < 4.78 is 41.9. The zero-order valence-electron chi connectivity index (χ0n) is 9.03. The summed E-state index contributed by atoms with van der Waals surface area (Å²) in [5.74, 6) is -0.258. The Morgan fingerprint density at radius 2 is 2.11 bits per heavy atom. The minimum absolute atomic E-state index is 0.0985. The number of H-pyrrole nitrogens is 1. The van der Waals surface area contributed by atoms with Gasteiger partial charge in [-0.1, -0.05) is 0 Å². The maximum atomic E-state index is 12.1. The van der Waals surface area contributed by atoms with E-state index in [1.807, 2.05) is 0 Å². The number of nitrogens with one attached hydrogen (secondary N) is 1. The number of nitrogen functional groups attached to an aromatic ring is 1. The number of aromatic nitrogens is 3. The number of alkyl halides is 3. The minimum Gasteiger partial charge on any atom is -0.405 e. The molecule has 0 fully saturated rings. The molecule has 0 unspecified atom stereocenters. The van der Waals surface area contributed by atoms with Gasteiger partial charge in [0.15, 0.2) is 0 Å². The molecule has 3 N–H and O–H groups in total. The van der Waals surface area contributed by atoms with E-state index in [-0.39, 0.29) is 20.9 Å². The summed E-state index contributed by atoms with van der Waals surface area (Å²) in [6.07, 6.45) is -4.75. The summed E-state index contributed by atoms with van der Waals surface area (Å²) in [5.41, 5.74) is 6.05. The summed E-state index contributed by atoms with van der Waals surface area (Å²) in [6, 6.07) is 3.93. The van der Waals surface area contributed by atoms with Gasteiger partial charge < -0.3 is 10.5 Å². The van der Waals surface area contributed by atoms with Crippen LogP contribution < -0.4 is 10.5 Å². The van der Waals surface area contributed by atoms with Gasteiger partial charge in [-0.25, -0.2) is 5.10 Å². The Morgan fingerprint density at radius 1 is 1.42 bits per heavy atom. The highest BCUT2D eigenvalue weighted by molar-refractivity contribution is 9.10. The number of anilines is 1. The molecule has 0 bridgehead atoms. The smallest absolute Gasteiger partial charge is 0.405 e. The average molecular weight is 355 g/mol. The first-order valence-electron chi connectivity index (χ1n) is 4.76. The van der Waals surface area contributed by atoms with Crippen LogP contribution in [-0.2, 0) is 0 Å². The molecular weight excluding hydrogens is 349 g/mol. The van der Waals surface area contributed by atoms with Crippen molar-refractivity contribution in [3.63, 3.8) is 0 Å². The topological polar surface area (TPSA) is 68.9 Å². The van der Waals surface area contributed by atoms with Gasteiger partial charge in [0.05, 0.1) is 10.2 Å². The minimum atomic E-state index is -4.75. The number of nitrogens with zero attached hydrogens (tertiary/aromatic N) is 2. The maximum Gasteiger partial charge on any atom is 0.573 e. The quantitative estimate of drug-likeness (QED) is 0.812. The van der Waals surface area contributed by atoms with E-state index in [9.17, 15) is 13.2 Å². The Hall–Kier alpha value is -1.55. The molecule has 2 aromatic rings. The molecule has 0 saturated carbocycles. The Balaban J connectivity index is 2.42. The summed E-state index contributed by atoms with van der Waals surface area (Å²) in [6.45, 7) is 0. The fourth-order valence-corrected chi connectivity index (χ4v) is 2.09. The van der Waals surface area contributed by atoms with Gasteiger partial charge in [0, 0.05) is 0 Å². The molecule has 19 heavy (non-hydrogen) atoms. The molecule has 0 aliphatic rings. The lowest BCUT2D eigenvalue weighted by Gasteiger charge is -2.12. The monoisotopic (exact) mass is 354 g/mol. The number of rotatable bonds is 2. The van der Waals surface area contributed by atoms with Gasteiger partial charge in [-0.05, 0) is 46.3 Å². The first kappa shape index (κ1) is 13.9. The standard InChI is InChI=1S/C9H6BrF3N4OS/c10-5-3-4(17-7(14)15-16-8(17)19)1-2-6(5)18-9(11,12)13/h1-3H,(H2,14,15)(H,16,19). The number of aromatic amines is 1. The molecule has 0 aliphatic carbocycles. The highest BCUT2D eigenvalue weighted by atomic mass is 79.9. The van der Waals surface area contributed by atoms with Crippen molar-refractivity contribution in [3.05, 3.63) is 27.4 Å². The highest BCUT2D eigenvalue weighted by Crippen LogP contribution is 2.32. The van der Waals surface area contributed by atoms with Crippen LogP contribution in [0.3, 0.4) is 0 Å². The van der Waals surface area contributed by atoms with E-state index < -0.39 is 6.36 Å². The van der Waals surface area contributed by atoms with Crippen LogP contribution in [0.4, 0.5) is 19.1 Å². The molecule has 5 nitrogen and oxygen atoms in total. The Labute approximate surface area is 118 Å². The van der Waals surface area contributed by atoms with Gasteiger partial charge in [0.2, 0.25) is 10.7 Å². The summed E-state index contributed by atoms with van der Waals surface area (Å²) in [4.78, 5) is 0. The van der Waals surface area contributed by atoms with E-state index in [4.69, 9.17) is 18.0 Å². The Bertz CT molecular complexity index is 666. The number of hydrogen-bond acceptors (Lipinski definition) is 4. The van der Waals surface area contributed by atoms with Crippen molar-refractivity contribution in [1.29, 1.82) is 0 Å². The Morgan fingerprint density at radius 3 is 2.58 bits per heavy atom. The summed E-state index contributed by atoms with van der Waals surface area (Å²) in [7, 11) is 0. The fraction of sp³-hybridized carbons (Fsp3) is 0.111. The van der Waals surface area contributed by atoms with E-state index in [2.05, 4.69) is 30.9 Å². The van der Waals surface area contributed by atoms with Crippen LogP contribution in [0.5, 0.6) is 5.75 Å². The van der Waals surface area contributed by atoms with Crippen LogP contribution in [0, 0.1) is 4.77 Å². The lowest BCUT2D eigenvalue weighted by molar-refractivity contribution is -0.274. The van der Waals surface area contributed by atoms with Crippen molar-refractivity contribution >= 4 is 34.1 Å². The van der Waals surface area contributed by atoms with Crippen molar-refractivity contribution < 1.29 is 17.9 Å². The van der Waals surface area contributed by atoms with Crippen LogP contribution in [0.15, 0.2) is 22.7 Å². The third-order valence-electron chi connectivity index (χ3n) is 2.10. The van der Waals surface area contributed by atoms with Crippen LogP contribution in [-0.4, -0.2) is 21.1 Å². The SMILES string of the molecule is Nc1n[nH]c(=S)n1-c1ccc(OC(F)(F)F)c(Br)c1. The molecule has 0 spiro atoms. The molecule has 1 heterocycles.